The van der Waals surface area contributed by atoms with Crippen LogP contribution in [-0.4, -0.2) is 5.78 Å². The van der Waals surface area contributed by atoms with Gasteiger partial charge in [0.25, 0.3) is 0 Å². The van der Waals surface area contributed by atoms with Crippen LogP contribution in [0, 0.1) is 27.7 Å². The number of nitrogen functional groups attached to an aromatic ring is 1. The van der Waals surface area contributed by atoms with E-state index < -0.39 is 0 Å². The third-order valence-corrected chi connectivity index (χ3v) is 3.90. The first-order chi connectivity index (χ1) is 8.91. The van der Waals surface area contributed by atoms with Crippen LogP contribution in [0.4, 0.5) is 5.69 Å². The number of ketones is 1. The van der Waals surface area contributed by atoms with E-state index in [9.17, 15) is 4.79 Å². The van der Waals surface area contributed by atoms with Gasteiger partial charge in [0.2, 0.25) is 0 Å². The molecule has 0 aromatic heterocycles. The van der Waals surface area contributed by atoms with Crippen molar-refractivity contribution in [2.75, 3.05) is 5.73 Å². The Morgan fingerprint density at radius 1 is 0.895 bits per heavy atom. The van der Waals surface area contributed by atoms with Gasteiger partial charge in [0, 0.05) is 16.8 Å². The molecular formula is C17H19NO. The molecule has 2 N–H and O–H groups in total. The summed E-state index contributed by atoms with van der Waals surface area (Å²) >= 11 is 0. The van der Waals surface area contributed by atoms with Crippen molar-refractivity contribution in [1.82, 2.24) is 0 Å². The van der Waals surface area contributed by atoms with Gasteiger partial charge in [-0.15, -0.1) is 0 Å². The zero-order valence-electron chi connectivity index (χ0n) is 11.9. The largest absolute Gasteiger partial charge is 0.399 e. The molecule has 2 rings (SSSR count). The minimum atomic E-state index is 0.0590. The monoisotopic (exact) mass is 253 g/mol. The summed E-state index contributed by atoms with van der Waals surface area (Å²) in [7, 11) is 0. The van der Waals surface area contributed by atoms with Crippen molar-refractivity contribution >= 4 is 11.5 Å². The number of aryl methyl sites for hydroxylation is 1. The van der Waals surface area contributed by atoms with Crippen molar-refractivity contribution in [3.05, 3.63) is 63.7 Å². The minimum absolute atomic E-state index is 0.0590. The quantitative estimate of drug-likeness (QED) is 0.654. The molecule has 0 atom stereocenters. The van der Waals surface area contributed by atoms with E-state index in [0.717, 1.165) is 16.7 Å². The van der Waals surface area contributed by atoms with Gasteiger partial charge in [-0.2, -0.15) is 0 Å². The van der Waals surface area contributed by atoms with Crippen molar-refractivity contribution in [2.45, 2.75) is 27.7 Å². The van der Waals surface area contributed by atoms with Crippen LogP contribution in [-0.2, 0) is 0 Å². The Morgan fingerprint density at radius 2 is 1.47 bits per heavy atom. The summed E-state index contributed by atoms with van der Waals surface area (Å²) in [5.74, 6) is 0.0590. The van der Waals surface area contributed by atoms with Crippen LogP contribution >= 0.6 is 0 Å². The molecule has 0 bridgehead atoms. The van der Waals surface area contributed by atoms with Crippen LogP contribution in [0.15, 0.2) is 30.3 Å². The van der Waals surface area contributed by atoms with Gasteiger partial charge in [-0.3, -0.25) is 4.79 Å². The molecule has 0 aliphatic carbocycles. The smallest absolute Gasteiger partial charge is 0.193 e. The lowest BCUT2D eigenvalue weighted by Crippen LogP contribution is -2.07. The molecule has 0 saturated carbocycles. The van der Waals surface area contributed by atoms with E-state index in [1.807, 2.05) is 19.9 Å². The van der Waals surface area contributed by atoms with Crippen LogP contribution in [0.2, 0.25) is 0 Å². The first-order valence-corrected chi connectivity index (χ1v) is 6.39. The lowest BCUT2D eigenvalue weighted by molar-refractivity contribution is 0.103. The Hall–Kier alpha value is -2.09. The van der Waals surface area contributed by atoms with Crippen molar-refractivity contribution in [3.8, 4) is 0 Å². The molecule has 2 aromatic rings. The number of benzene rings is 2. The summed E-state index contributed by atoms with van der Waals surface area (Å²) in [6.07, 6.45) is 0. The van der Waals surface area contributed by atoms with Crippen LogP contribution in [0.1, 0.15) is 38.2 Å². The van der Waals surface area contributed by atoms with E-state index in [1.54, 1.807) is 24.3 Å². The molecule has 0 aliphatic heterocycles. The first-order valence-electron chi connectivity index (χ1n) is 6.39. The second kappa shape index (κ2) is 4.88. The highest BCUT2D eigenvalue weighted by Crippen LogP contribution is 2.23. The SMILES string of the molecule is Cc1cc(C(=O)c2ccc(N)cc2)c(C)c(C)c1C. The van der Waals surface area contributed by atoms with Gasteiger partial charge in [0.1, 0.15) is 0 Å². The fourth-order valence-electron chi connectivity index (χ4n) is 2.24. The highest BCUT2D eigenvalue weighted by molar-refractivity contribution is 6.10. The predicted octanol–water partition coefficient (Wildman–Crippen LogP) is 3.73. The van der Waals surface area contributed by atoms with Gasteiger partial charge in [-0.05, 0) is 80.3 Å². The van der Waals surface area contributed by atoms with Gasteiger partial charge >= 0.3 is 0 Å². The van der Waals surface area contributed by atoms with Gasteiger partial charge in [-0.25, -0.2) is 0 Å². The summed E-state index contributed by atoms with van der Waals surface area (Å²) in [6.45, 7) is 8.21. The average molecular weight is 253 g/mol. The highest BCUT2D eigenvalue weighted by Gasteiger charge is 2.15. The lowest BCUT2D eigenvalue weighted by Gasteiger charge is -2.13. The van der Waals surface area contributed by atoms with Crippen molar-refractivity contribution in [2.24, 2.45) is 0 Å². The third kappa shape index (κ3) is 2.39. The Bertz CT molecular complexity index is 639. The predicted molar refractivity (Wildman–Crippen MR) is 79.7 cm³/mol. The molecule has 19 heavy (non-hydrogen) atoms. The Kier molecular flexibility index (Phi) is 3.43. The molecular weight excluding hydrogens is 234 g/mol. The van der Waals surface area contributed by atoms with E-state index in [0.29, 0.717) is 11.3 Å². The van der Waals surface area contributed by atoms with Crippen LogP contribution in [0.25, 0.3) is 0 Å². The summed E-state index contributed by atoms with van der Waals surface area (Å²) in [5, 5.41) is 0. The topological polar surface area (TPSA) is 43.1 Å². The average Bonchev–Trinajstić information content (AvgIpc) is 2.40. The number of rotatable bonds is 2. The molecule has 0 aliphatic rings. The molecule has 0 fully saturated rings. The number of anilines is 1. The Balaban J connectivity index is 2.53. The van der Waals surface area contributed by atoms with Gasteiger partial charge < -0.3 is 5.73 Å². The molecule has 0 saturated heterocycles. The zero-order chi connectivity index (χ0) is 14.2. The number of nitrogens with two attached hydrogens (primary N) is 1. The van der Waals surface area contributed by atoms with E-state index in [1.165, 1.54) is 11.1 Å². The molecule has 2 heteroatoms. The molecule has 0 spiro atoms. The van der Waals surface area contributed by atoms with E-state index in [2.05, 4.69) is 13.8 Å². The highest BCUT2D eigenvalue weighted by atomic mass is 16.1. The number of carbonyl (C=O) groups is 1. The molecule has 0 amide bonds. The standard InChI is InChI=1S/C17H19NO/c1-10-9-16(13(4)12(3)11(10)2)17(19)14-5-7-15(18)8-6-14/h5-9H,18H2,1-4H3. The summed E-state index contributed by atoms with van der Waals surface area (Å²) in [4.78, 5) is 12.6. The van der Waals surface area contributed by atoms with Crippen LogP contribution < -0.4 is 5.73 Å². The number of hydrogen-bond acceptors (Lipinski definition) is 2. The number of hydrogen-bond donors (Lipinski definition) is 1. The molecule has 0 heterocycles. The zero-order valence-corrected chi connectivity index (χ0v) is 11.9. The van der Waals surface area contributed by atoms with Crippen molar-refractivity contribution in [3.63, 3.8) is 0 Å². The maximum atomic E-state index is 12.6. The van der Waals surface area contributed by atoms with Crippen molar-refractivity contribution < 1.29 is 4.79 Å². The molecule has 0 unspecified atom stereocenters. The van der Waals surface area contributed by atoms with Gasteiger partial charge in [0.05, 0.1) is 0 Å². The first kappa shape index (κ1) is 13.3. The van der Waals surface area contributed by atoms with Gasteiger partial charge in [0.15, 0.2) is 5.78 Å². The Labute approximate surface area is 114 Å². The van der Waals surface area contributed by atoms with E-state index in [4.69, 9.17) is 5.73 Å². The van der Waals surface area contributed by atoms with Gasteiger partial charge in [-0.1, -0.05) is 0 Å². The lowest BCUT2D eigenvalue weighted by atomic mass is 9.90. The molecule has 2 aromatic carbocycles. The normalized spacial score (nSPS) is 10.5. The van der Waals surface area contributed by atoms with Crippen LogP contribution in [0.5, 0.6) is 0 Å². The molecule has 98 valence electrons. The second-order valence-corrected chi connectivity index (χ2v) is 5.07. The summed E-state index contributed by atoms with van der Waals surface area (Å²) in [6, 6.07) is 9.06. The van der Waals surface area contributed by atoms with Crippen molar-refractivity contribution in [1.29, 1.82) is 0 Å². The fraction of sp³-hybridized carbons (Fsp3) is 0.235. The Morgan fingerprint density at radius 3 is 2.05 bits per heavy atom. The molecule has 2 nitrogen and oxygen atoms in total. The maximum Gasteiger partial charge on any atom is 0.193 e. The fourth-order valence-corrected chi connectivity index (χ4v) is 2.24. The summed E-state index contributed by atoms with van der Waals surface area (Å²) < 4.78 is 0. The third-order valence-electron chi connectivity index (χ3n) is 3.90. The van der Waals surface area contributed by atoms with E-state index in [-0.39, 0.29) is 5.78 Å². The van der Waals surface area contributed by atoms with E-state index >= 15 is 0 Å². The van der Waals surface area contributed by atoms with Crippen LogP contribution in [0.3, 0.4) is 0 Å². The minimum Gasteiger partial charge on any atom is -0.399 e. The summed E-state index contributed by atoms with van der Waals surface area (Å²) in [5.41, 5.74) is 12.5. The second-order valence-electron chi connectivity index (χ2n) is 5.07. The molecule has 0 radical (unpaired) electrons. The maximum absolute atomic E-state index is 12.6. The number of carbonyl (C=O) groups excluding carboxylic acids is 1.